The Morgan fingerprint density at radius 2 is 2.05 bits per heavy atom. The number of phenolic OH excluding ortho intramolecular Hbond substituents is 1. The number of nitrogens with one attached hydrogen (secondary N) is 1. The molecule has 112 valence electrons. The first-order valence-corrected chi connectivity index (χ1v) is 7.43. The predicted molar refractivity (Wildman–Crippen MR) is 87.4 cm³/mol. The Balaban J connectivity index is 2.16. The van der Waals surface area contributed by atoms with Crippen molar-refractivity contribution in [2.24, 2.45) is 0 Å². The molecule has 0 atom stereocenters. The van der Waals surface area contributed by atoms with Crippen LogP contribution in [-0.4, -0.2) is 11.7 Å². The number of ether oxygens (including phenoxy) is 1. The van der Waals surface area contributed by atoms with Gasteiger partial charge in [-0.1, -0.05) is 30.7 Å². The second kappa shape index (κ2) is 7.23. The fraction of sp³-hybridized carbons (Fsp3) is 0.294. The first-order valence-electron chi connectivity index (χ1n) is 7.05. The van der Waals surface area contributed by atoms with E-state index in [1.54, 1.807) is 18.2 Å². The number of aryl methyl sites for hydroxylation is 1. The van der Waals surface area contributed by atoms with E-state index >= 15 is 0 Å². The fourth-order valence-corrected chi connectivity index (χ4v) is 2.25. The highest BCUT2D eigenvalue weighted by Gasteiger charge is 2.08. The van der Waals surface area contributed by atoms with Crippen molar-refractivity contribution in [1.82, 2.24) is 0 Å². The standard InChI is InChI=1S/C17H20ClNO2/c1-3-9-21-17-10-12(2)7-8-15(17)19-11-13-14(18)5-4-6-16(13)20/h4-8,10,19-20H,3,9,11H2,1-2H3. The molecule has 0 heterocycles. The highest BCUT2D eigenvalue weighted by atomic mass is 35.5. The molecule has 0 aliphatic carbocycles. The molecule has 0 amide bonds. The molecule has 0 spiro atoms. The topological polar surface area (TPSA) is 41.5 Å². The second-order valence-corrected chi connectivity index (χ2v) is 5.35. The van der Waals surface area contributed by atoms with Gasteiger partial charge in [-0.05, 0) is 43.2 Å². The summed E-state index contributed by atoms with van der Waals surface area (Å²) >= 11 is 6.11. The van der Waals surface area contributed by atoms with Crippen molar-refractivity contribution in [1.29, 1.82) is 0 Å². The molecule has 0 aliphatic rings. The van der Waals surface area contributed by atoms with E-state index in [2.05, 4.69) is 12.2 Å². The van der Waals surface area contributed by atoms with Gasteiger partial charge in [0.25, 0.3) is 0 Å². The maximum atomic E-state index is 9.87. The Kier molecular flexibility index (Phi) is 5.34. The van der Waals surface area contributed by atoms with E-state index in [4.69, 9.17) is 16.3 Å². The highest BCUT2D eigenvalue weighted by Crippen LogP contribution is 2.30. The molecular weight excluding hydrogens is 286 g/mol. The third-order valence-electron chi connectivity index (χ3n) is 3.15. The van der Waals surface area contributed by atoms with Crippen molar-refractivity contribution in [3.8, 4) is 11.5 Å². The smallest absolute Gasteiger partial charge is 0.142 e. The minimum atomic E-state index is 0.193. The summed E-state index contributed by atoms with van der Waals surface area (Å²) in [6.07, 6.45) is 0.957. The zero-order valence-electron chi connectivity index (χ0n) is 12.3. The van der Waals surface area contributed by atoms with Gasteiger partial charge in [-0.25, -0.2) is 0 Å². The van der Waals surface area contributed by atoms with Crippen molar-refractivity contribution in [3.05, 3.63) is 52.5 Å². The van der Waals surface area contributed by atoms with E-state index < -0.39 is 0 Å². The van der Waals surface area contributed by atoms with Crippen LogP contribution in [0.4, 0.5) is 5.69 Å². The fourth-order valence-electron chi connectivity index (χ4n) is 2.01. The molecule has 0 aromatic heterocycles. The lowest BCUT2D eigenvalue weighted by Crippen LogP contribution is -2.04. The van der Waals surface area contributed by atoms with E-state index in [1.807, 2.05) is 25.1 Å². The van der Waals surface area contributed by atoms with Gasteiger partial charge in [-0.2, -0.15) is 0 Å². The number of halogens is 1. The van der Waals surface area contributed by atoms with Gasteiger partial charge < -0.3 is 15.2 Å². The minimum absolute atomic E-state index is 0.193. The zero-order valence-corrected chi connectivity index (χ0v) is 13.1. The molecule has 2 rings (SSSR count). The van der Waals surface area contributed by atoms with E-state index in [1.165, 1.54) is 0 Å². The molecule has 3 nitrogen and oxygen atoms in total. The summed E-state index contributed by atoms with van der Waals surface area (Å²) in [5.41, 5.74) is 2.72. The summed E-state index contributed by atoms with van der Waals surface area (Å²) in [7, 11) is 0. The lowest BCUT2D eigenvalue weighted by molar-refractivity contribution is 0.318. The average molecular weight is 306 g/mol. The summed E-state index contributed by atoms with van der Waals surface area (Å²) in [6.45, 7) is 5.22. The van der Waals surface area contributed by atoms with Crippen LogP contribution in [0, 0.1) is 6.92 Å². The molecule has 0 aliphatic heterocycles. The van der Waals surface area contributed by atoms with Gasteiger partial charge >= 0.3 is 0 Å². The molecule has 21 heavy (non-hydrogen) atoms. The largest absolute Gasteiger partial charge is 0.508 e. The molecular formula is C17H20ClNO2. The third-order valence-corrected chi connectivity index (χ3v) is 3.50. The molecule has 2 aromatic carbocycles. The van der Waals surface area contributed by atoms with Crippen molar-refractivity contribution < 1.29 is 9.84 Å². The van der Waals surface area contributed by atoms with Gasteiger partial charge in [0.05, 0.1) is 12.3 Å². The number of aromatic hydroxyl groups is 1. The van der Waals surface area contributed by atoms with Gasteiger partial charge in [0.15, 0.2) is 0 Å². The van der Waals surface area contributed by atoms with Crippen LogP contribution in [0.2, 0.25) is 5.02 Å². The first kappa shape index (κ1) is 15.5. The first-order chi connectivity index (χ1) is 10.1. The summed E-state index contributed by atoms with van der Waals surface area (Å²) in [5, 5.41) is 13.7. The molecule has 4 heteroatoms. The van der Waals surface area contributed by atoms with Crippen LogP contribution in [0.1, 0.15) is 24.5 Å². The molecule has 0 unspecified atom stereocenters. The number of phenols is 1. The van der Waals surface area contributed by atoms with Crippen molar-refractivity contribution >= 4 is 17.3 Å². The molecule has 0 radical (unpaired) electrons. The average Bonchev–Trinajstić information content (AvgIpc) is 2.46. The van der Waals surface area contributed by atoms with Crippen LogP contribution in [0.5, 0.6) is 11.5 Å². The number of benzene rings is 2. The van der Waals surface area contributed by atoms with Crippen LogP contribution in [0.3, 0.4) is 0 Å². The number of hydrogen-bond donors (Lipinski definition) is 2. The summed E-state index contributed by atoms with van der Waals surface area (Å²) in [6, 6.07) is 11.1. The van der Waals surface area contributed by atoms with E-state index in [9.17, 15) is 5.11 Å². The van der Waals surface area contributed by atoms with Crippen LogP contribution in [-0.2, 0) is 6.54 Å². The van der Waals surface area contributed by atoms with Gasteiger partial charge in [0.1, 0.15) is 11.5 Å². The molecule has 0 saturated heterocycles. The van der Waals surface area contributed by atoms with E-state index in [0.717, 1.165) is 23.4 Å². The third kappa shape index (κ3) is 4.05. The zero-order chi connectivity index (χ0) is 15.2. The lowest BCUT2D eigenvalue weighted by atomic mass is 10.1. The SMILES string of the molecule is CCCOc1cc(C)ccc1NCc1c(O)cccc1Cl. The number of rotatable bonds is 6. The van der Waals surface area contributed by atoms with Gasteiger partial charge in [-0.15, -0.1) is 0 Å². The van der Waals surface area contributed by atoms with Gasteiger partial charge in [0, 0.05) is 17.1 Å². The normalized spacial score (nSPS) is 10.4. The van der Waals surface area contributed by atoms with Crippen LogP contribution in [0.15, 0.2) is 36.4 Å². The van der Waals surface area contributed by atoms with Gasteiger partial charge in [0.2, 0.25) is 0 Å². The molecule has 0 bridgehead atoms. The Labute approximate surface area is 130 Å². The predicted octanol–water partition coefficient (Wildman–Crippen LogP) is 4.75. The Hall–Kier alpha value is -1.87. The maximum absolute atomic E-state index is 9.87. The van der Waals surface area contributed by atoms with Crippen LogP contribution < -0.4 is 10.1 Å². The molecule has 0 saturated carbocycles. The highest BCUT2D eigenvalue weighted by molar-refractivity contribution is 6.31. The molecule has 2 aromatic rings. The van der Waals surface area contributed by atoms with E-state index in [-0.39, 0.29) is 5.75 Å². The van der Waals surface area contributed by atoms with E-state index in [0.29, 0.717) is 23.7 Å². The molecule has 2 N–H and O–H groups in total. The summed E-state index contributed by atoms with van der Waals surface area (Å²) in [4.78, 5) is 0. The van der Waals surface area contributed by atoms with Crippen LogP contribution >= 0.6 is 11.6 Å². The monoisotopic (exact) mass is 305 g/mol. The maximum Gasteiger partial charge on any atom is 0.142 e. The van der Waals surface area contributed by atoms with Crippen molar-refractivity contribution in [2.75, 3.05) is 11.9 Å². The minimum Gasteiger partial charge on any atom is -0.508 e. The Morgan fingerprint density at radius 1 is 1.24 bits per heavy atom. The number of hydrogen-bond acceptors (Lipinski definition) is 3. The summed E-state index contributed by atoms with van der Waals surface area (Å²) in [5.74, 6) is 1.02. The number of anilines is 1. The Bertz CT molecular complexity index is 593. The lowest BCUT2D eigenvalue weighted by Gasteiger charge is -2.15. The Morgan fingerprint density at radius 3 is 2.76 bits per heavy atom. The van der Waals surface area contributed by atoms with Crippen molar-refractivity contribution in [2.45, 2.75) is 26.8 Å². The van der Waals surface area contributed by atoms with Gasteiger partial charge in [-0.3, -0.25) is 0 Å². The second-order valence-electron chi connectivity index (χ2n) is 4.94. The molecule has 0 fully saturated rings. The van der Waals surface area contributed by atoms with Crippen LogP contribution in [0.25, 0.3) is 0 Å². The summed E-state index contributed by atoms with van der Waals surface area (Å²) < 4.78 is 5.76. The van der Waals surface area contributed by atoms with Crippen molar-refractivity contribution in [3.63, 3.8) is 0 Å². The quantitative estimate of drug-likeness (QED) is 0.809.